The first kappa shape index (κ1) is 12.6. The van der Waals surface area contributed by atoms with Crippen molar-refractivity contribution < 1.29 is 4.74 Å². The van der Waals surface area contributed by atoms with Crippen LogP contribution in [-0.4, -0.2) is 23.1 Å². The maximum Gasteiger partial charge on any atom is 0.158 e. The van der Waals surface area contributed by atoms with E-state index >= 15 is 0 Å². The minimum absolute atomic E-state index is 0.411. The number of nitrogens with one attached hydrogen (secondary N) is 1. The molecular weight excluding hydrogens is 238 g/mol. The van der Waals surface area contributed by atoms with Gasteiger partial charge in [-0.2, -0.15) is 0 Å². The lowest BCUT2D eigenvalue weighted by Crippen LogP contribution is -2.07. The van der Waals surface area contributed by atoms with Crippen molar-refractivity contribution >= 4 is 17.4 Å². The van der Waals surface area contributed by atoms with Crippen molar-refractivity contribution in [1.29, 1.82) is 0 Å². The van der Waals surface area contributed by atoms with Crippen molar-refractivity contribution in [2.24, 2.45) is 5.92 Å². The second kappa shape index (κ2) is 6.17. The van der Waals surface area contributed by atoms with E-state index in [-0.39, 0.29) is 0 Å². The van der Waals surface area contributed by atoms with Crippen LogP contribution < -0.4 is 5.32 Å². The van der Waals surface area contributed by atoms with Crippen LogP contribution in [0.5, 0.6) is 0 Å². The van der Waals surface area contributed by atoms with Crippen molar-refractivity contribution in [1.82, 2.24) is 9.97 Å². The van der Waals surface area contributed by atoms with Gasteiger partial charge >= 0.3 is 0 Å². The molecule has 1 heterocycles. The number of aromatic nitrogens is 2. The van der Waals surface area contributed by atoms with Crippen molar-refractivity contribution in [2.45, 2.75) is 32.8 Å². The van der Waals surface area contributed by atoms with E-state index in [2.05, 4.69) is 15.3 Å². The monoisotopic (exact) mass is 255 g/mol. The third-order valence-corrected chi connectivity index (χ3v) is 2.93. The Kier molecular flexibility index (Phi) is 4.57. The SMILES string of the molecule is CCOCc1nc(Cl)cc(NCCC2CC2)n1. The van der Waals surface area contributed by atoms with Crippen molar-refractivity contribution in [3.63, 3.8) is 0 Å². The van der Waals surface area contributed by atoms with Gasteiger partial charge in [-0.25, -0.2) is 9.97 Å². The highest BCUT2D eigenvalue weighted by molar-refractivity contribution is 6.29. The van der Waals surface area contributed by atoms with Gasteiger partial charge < -0.3 is 10.1 Å². The lowest BCUT2D eigenvalue weighted by Gasteiger charge is -2.07. The molecule has 2 rings (SSSR count). The van der Waals surface area contributed by atoms with Crippen LogP contribution in [0, 0.1) is 5.92 Å². The predicted octanol–water partition coefficient (Wildman–Crippen LogP) is 2.88. The molecule has 0 spiro atoms. The summed E-state index contributed by atoms with van der Waals surface area (Å²) in [5, 5.41) is 3.74. The van der Waals surface area contributed by atoms with Gasteiger partial charge in [0.2, 0.25) is 0 Å². The molecule has 1 aromatic rings. The molecule has 1 saturated carbocycles. The molecule has 0 aliphatic heterocycles. The van der Waals surface area contributed by atoms with Gasteiger partial charge in [-0.15, -0.1) is 0 Å². The summed E-state index contributed by atoms with van der Waals surface area (Å²) in [6.07, 6.45) is 3.96. The minimum atomic E-state index is 0.411. The number of rotatable bonds is 7. The van der Waals surface area contributed by atoms with Crippen LogP contribution in [0.2, 0.25) is 5.15 Å². The van der Waals surface area contributed by atoms with E-state index in [0.29, 0.717) is 24.2 Å². The molecule has 0 aromatic carbocycles. The third-order valence-electron chi connectivity index (χ3n) is 2.73. The smallest absolute Gasteiger partial charge is 0.158 e. The fourth-order valence-electron chi connectivity index (χ4n) is 1.62. The quantitative estimate of drug-likeness (QED) is 0.761. The summed E-state index contributed by atoms with van der Waals surface area (Å²) >= 11 is 5.94. The molecule has 5 heteroatoms. The molecule has 0 saturated heterocycles. The van der Waals surface area contributed by atoms with Crippen molar-refractivity contribution in [2.75, 3.05) is 18.5 Å². The van der Waals surface area contributed by atoms with E-state index in [1.54, 1.807) is 6.07 Å². The van der Waals surface area contributed by atoms with E-state index in [4.69, 9.17) is 16.3 Å². The molecule has 1 fully saturated rings. The van der Waals surface area contributed by atoms with Crippen molar-refractivity contribution in [3.05, 3.63) is 17.0 Å². The van der Waals surface area contributed by atoms with Gasteiger partial charge in [-0.1, -0.05) is 24.4 Å². The summed E-state index contributed by atoms with van der Waals surface area (Å²) in [5.74, 6) is 2.34. The molecule has 1 N–H and O–H groups in total. The zero-order valence-corrected chi connectivity index (χ0v) is 10.8. The zero-order valence-electron chi connectivity index (χ0n) is 10.1. The normalized spacial score (nSPS) is 14.9. The van der Waals surface area contributed by atoms with Crippen LogP contribution >= 0.6 is 11.6 Å². The molecule has 0 bridgehead atoms. The molecule has 0 unspecified atom stereocenters. The molecule has 94 valence electrons. The Bertz CT molecular complexity index is 369. The van der Waals surface area contributed by atoms with Crippen LogP contribution in [0.1, 0.15) is 32.0 Å². The van der Waals surface area contributed by atoms with Gasteiger partial charge in [0.15, 0.2) is 5.82 Å². The summed E-state index contributed by atoms with van der Waals surface area (Å²) in [7, 11) is 0. The second-order valence-corrected chi connectivity index (χ2v) is 4.68. The minimum Gasteiger partial charge on any atom is -0.374 e. The maximum atomic E-state index is 5.94. The molecule has 4 nitrogen and oxygen atoms in total. The van der Waals surface area contributed by atoms with Crippen LogP contribution in [0.3, 0.4) is 0 Å². The van der Waals surface area contributed by atoms with E-state index in [1.165, 1.54) is 19.3 Å². The number of nitrogens with zero attached hydrogens (tertiary/aromatic N) is 2. The topological polar surface area (TPSA) is 47.0 Å². The highest BCUT2D eigenvalue weighted by Gasteiger charge is 2.20. The highest BCUT2D eigenvalue weighted by Crippen LogP contribution is 2.32. The molecule has 0 radical (unpaired) electrons. The van der Waals surface area contributed by atoms with E-state index in [9.17, 15) is 0 Å². The lowest BCUT2D eigenvalue weighted by molar-refractivity contribution is 0.128. The Balaban J connectivity index is 1.87. The summed E-state index contributed by atoms with van der Waals surface area (Å²) in [4.78, 5) is 8.47. The Morgan fingerprint density at radius 2 is 2.29 bits per heavy atom. The first-order chi connectivity index (χ1) is 8.28. The largest absolute Gasteiger partial charge is 0.374 e. The van der Waals surface area contributed by atoms with Crippen molar-refractivity contribution in [3.8, 4) is 0 Å². The van der Waals surface area contributed by atoms with Gasteiger partial charge in [-0.3, -0.25) is 0 Å². The van der Waals surface area contributed by atoms with E-state index in [1.807, 2.05) is 6.92 Å². The molecule has 1 aromatic heterocycles. The fraction of sp³-hybridized carbons (Fsp3) is 0.667. The first-order valence-corrected chi connectivity index (χ1v) is 6.51. The molecule has 17 heavy (non-hydrogen) atoms. The molecule has 0 amide bonds. The van der Waals surface area contributed by atoms with Crippen LogP contribution in [0.4, 0.5) is 5.82 Å². The van der Waals surface area contributed by atoms with Crippen LogP contribution in [0.25, 0.3) is 0 Å². The van der Waals surface area contributed by atoms with E-state index < -0.39 is 0 Å². The van der Waals surface area contributed by atoms with Gasteiger partial charge in [0.1, 0.15) is 17.6 Å². The first-order valence-electron chi connectivity index (χ1n) is 6.13. The molecular formula is C12H18ClN3O. The summed E-state index contributed by atoms with van der Waals surface area (Å²) in [5.41, 5.74) is 0. The molecule has 0 atom stereocenters. The van der Waals surface area contributed by atoms with Gasteiger partial charge in [0, 0.05) is 19.2 Å². The summed E-state index contributed by atoms with van der Waals surface area (Å²) < 4.78 is 5.27. The van der Waals surface area contributed by atoms with E-state index in [0.717, 1.165) is 18.3 Å². The molecule has 1 aliphatic carbocycles. The Labute approximate surface area is 107 Å². The number of ether oxygens (including phenoxy) is 1. The maximum absolute atomic E-state index is 5.94. The average Bonchev–Trinajstić information content (AvgIpc) is 3.10. The lowest BCUT2D eigenvalue weighted by atomic mass is 10.3. The fourth-order valence-corrected chi connectivity index (χ4v) is 1.82. The average molecular weight is 256 g/mol. The Morgan fingerprint density at radius 1 is 1.47 bits per heavy atom. The predicted molar refractivity (Wildman–Crippen MR) is 68.2 cm³/mol. The number of halogens is 1. The number of hydrogen-bond acceptors (Lipinski definition) is 4. The number of anilines is 1. The van der Waals surface area contributed by atoms with Crippen LogP contribution in [-0.2, 0) is 11.3 Å². The number of hydrogen-bond donors (Lipinski definition) is 1. The third kappa shape index (κ3) is 4.48. The van der Waals surface area contributed by atoms with Gasteiger partial charge in [0.25, 0.3) is 0 Å². The summed E-state index contributed by atoms with van der Waals surface area (Å²) in [6.45, 7) is 3.96. The zero-order chi connectivity index (χ0) is 12.1. The summed E-state index contributed by atoms with van der Waals surface area (Å²) in [6, 6.07) is 1.75. The molecule has 1 aliphatic rings. The van der Waals surface area contributed by atoms with Gasteiger partial charge in [-0.05, 0) is 19.3 Å². The standard InChI is InChI=1S/C12H18ClN3O/c1-2-17-8-12-15-10(13)7-11(16-12)14-6-5-9-3-4-9/h7,9H,2-6,8H2,1H3,(H,14,15,16). The highest BCUT2D eigenvalue weighted by atomic mass is 35.5. The Morgan fingerprint density at radius 3 is 3.00 bits per heavy atom. The second-order valence-electron chi connectivity index (χ2n) is 4.29. The van der Waals surface area contributed by atoms with Crippen LogP contribution in [0.15, 0.2) is 6.07 Å². The Hall–Kier alpha value is -0.870. The van der Waals surface area contributed by atoms with Gasteiger partial charge in [0.05, 0.1) is 0 Å².